The number of carbonyl (C=O) groups excluding carboxylic acids is 1. The fourth-order valence-corrected chi connectivity index (χ4v) is 4.08. The summed E-state index contributed by atoms with van der Waals surface area (Å²) in [4.78, 5) is 14.6. The van der Waals surface area contributed by atoms with Crippen LogP contribution in [0.1, 0.15) is 24.9 Å². The maximum Gasteiger partial charge on any atom is 0.337 e. The van der Waals surface area contributed by atoms with Crippen molar-refractivity contribution >= 4 is 29.0 Å². The normalized spacial score (nSPS) is 18.2. The van der Waals surface area contributed by atoms with Crippen molar-refractivity contribution < 1.29 is 23.4 Å². The third-order valence-electron chi connectivity index (χ3n) is 5.05. The molecule has 0 saturated carbocycles. The van der Waals surface area contributed by atoms with E-state index in [9.17, 15) is 9.18 Å². The minimum absolute atomic E-state index is 0.383. The molecule has 0 radical (unpaired) electrons. The van der Waals surface area contributed by atoms with Crippen molar-refractivity contribution in [2.24, 2.45) is 0 Å². The van der Waals surface area contributed by atoms with Crippen LogP contribution in [0.25, 0.3) is 0 Å². The molecule has 156 valence electrons. The van der Waals surface area contributed by atoms with Gasteiger partial charge in [-0.15, -0.1) is 0 Å². The lowest BCUT2D eigenvalue weighted by atomic mass is 9.93. The van der Waals surface area contributed by atoms with Crippen LogP contribution in [-0.4, -0.2) is 31.4 Å². The average molecular weight is 428 g/mol. The Bertz CT molecular complexity index is 1040. The summed E-state index contributed by atoms with van der Waals surface area (Å²) in [5, 5.41) is 3.57. The van der Waals surface area contributed by atoms with E-state index in [1.807, 2.05) is 25.1 Å². The number of halogens is 1. The van der Waals surface area contributed by atoms with Gasteiger partial charge in [-0.2, -0.15) is 0 Å². The molecule has 4 rings (SSSR count). The Morgan fingerprint density at radius 1 is 1.23 bits per heavy atom. The van der Waals surface area contributed by atoms with Crippen LogP contribution >= 0.6 is 12.2 Å². The molecule has 0 aliphatic carbocycles. The summed E-state index contributed by atoms with van der Waals surface area (Å²) in [5.74, 6) is 0.382. The maximum atomic E-state index is 13.9. The molecule has 0 spiro atoms. The molecule has 8 heteroatoms. The van der Waals surface area contributed by atoms with Crippen molar-refractivity contribution in [2.45, 2.75) is 19.4 Å². The smallest absolute Gasteiger partial charge is 0.337 e. The SMILES string of the molecule is CCC1=C(C(=O)OC)[C@@H](c2cccc(F)c2)NC(=S)N1c1ccc2c(c1)OCCO2. The zero-order valence-electron chi connectivity index (χ0n) is 16.6. The van der Waals surface area contributed by atoms with Crippen LogP contribution in [0.2, 0.25) is 0 Å². The predicted octanol–water partition coefficient (Wildman–Crippen LogP) is 3.87. The molecule has 0 fully saturated rings. The quantitative estimate of drug-likeness (QED) is 0.586. The van der Waals surface area contributed by atoms with Crippen molar-refractivity contribution in [1.82, 2.24) is 5.32 Å². The van der Waals surface area contributed by atoms with Crippen molar-refractivity contribution in [3.8, 4) is 11.5 Å². The highest BCUT2D eigenvalue weighted by molar-refractivity contribution is 7.80. The lowest BCUT2D eigenvalue weighted by Gasteiger charge is -2.38. The van der Waals surface area contributed by atoms with Crippen LogP contribution in [0, 0.1) is 5.82 Å². The Morgan fingerprint density at radius 3 is 2.70 bits per heavy atom. The molecule has 0 bridgehead atoms. The van der Waals surface area contributed by atoms with Gasteiger partial charge in [0.25, 0.3) is 0 Å². The first kappa shape index (κ1) is 20.2. The van der Waals surface area contributed by atoms with E-state index in [4.69, 9.17) is 26.4 Å². The number of esters is 1. The third kappa shape index (κ3) is 3.59. The first-order chi connectivity index (χ1) is 14.5. The summed E-state index contributed by atoms with van der Waals surface area (Å²) < 4.78 is 30.2. The number of nitrogens with one attached hydrogen (secondary N) is 1. The van der Waals surface area contributed by atoms with E-state index in [-0.39, 0.29) is 0 Å². The highest BCUT2D eigenvalue weighted by Crippen LogP contribution is 2.39. The van der Waals surface area contributed by atoms with Gasteiger partial charge in [-0.1, -0.05) is 19.1 Å². The van der Waals surface area contributed by atoms with Gasteiger partial charge in [0, 0.05) is 11.8 Å². The topological polar surface area (TPSA) is 60.0 Å². The van der Waals surface area contributed by atoms with Crippen molar-refractivity contribution in [3.05, 3.63) is 65.1 Å². The van der Waals surface area contributed by atoms with Crippen LogP contribution in [0.4, 0.5) is 10.1 Å². The van der Waals surface area contributed by atoms with Crippen molar-refractivity contribution in [1.29, 1.82) is 0 Å². The number of hydrogen-bond acceptors (Lipinski definition) is 5. The minimum Gasteiger partial charge on any atom is -0.486 e. The van der Waals surface area contributed by atoms with E-state index in [0.717, 1.165) is 5.69 Å². The molecule has 0 aromatic heterocycles. The number of anilines is 1. The standard InChI is InChI=1S/C22H21FN2O4S/c1-3-16-19(21(26)27-2)20(13-5-4-6-14(23)11-13)24-22(30)25(16)15-7-8-17-18(12-15)29-10-9-28-17/h4-8,11-12,20H,3,9-10H2,1-2H3,(H,24,30)/t20-/m1/s1. The van der Waals surface area contributed by atoms with E-state index in [2.05, 4.69) is 5.32 Å². The van der Waals surface area contributed by atoms with Gasteiger partial charge < -0.3 is 19.5 Å². The van der Waals surface area contributed by atoms with Crippen molar-refractivity contribution in [2.75, 3.05) is 25.2 Å². The van der Waals surface area contributed by atoms with E-state index >= 15 is 0 Å². The highest BCUT2D eigenvalue weighted by atomic mass is 32.1. The third-order valence-corrected chi connectivity index (χ3v) is 5.35. The molecule has 1 N–H and O–H groups in total. The maximum absolute atomic E-state index is 13.9. The van der Waals surface area contributed by atoms with Crippen LogP contribution in [0.5, 0.6) is 11.5 Å². The number of carbonyl (C=O) groups is 1. The molecule has 0 saturated heterocycles. The van der Waals surface area contributed by atoms with Gasteiger partial charge in [0.2, 0.25) is 0 Å². The average Bonchev–Trinajstić information content (AvgIpc) is 2.77. The Kier molecular flexibility index (Phi) is 5.59. The summed E-state index contributed by atoms with van der Waals surface area (Å²) in [5.41, 5.74) is 2.38. The summed E-state index contributed by atoms with van der Waals surface area (Å²) in [6.45, 7) is 2.89. The minimum atomic E-state index is -0.621. The Morgan fingerprint density at radius 2 is 2.00 bits per heavy atom. The molecule has 2 aromatic rings. The van der Waals surface area contributed by atoms with E-state index in [1.54, 1.807) is 17.0 Å². The number of nitrogens with zero attached hydrogens (tertiary/aromatic N) is 1. The van der Waals surface area contributed by atoms with Crippen LogP contribution in [0.15, 0.2) is 53.7 Å². The van der Waals surface area contributed by atoms with Gasteiger partial charge in [-0.05, 0) is 48.5 Å². The highest BCUT2D eigenvalue weighted by Gasteiger charge is 2.36. The molecule has 0 amide bonds. The van der Waals surface area contributed by atoms with Gasteiger partial charge in [-0.25, -0.2) is 9.18 Å². The number of allylic oxidation sites excluding steroid dienone is 1. The summed E-state index contributed by atoms with van der Waals surface area (Å²) in [6.07, 6.45) is 0.506. The van der Waals surface area contributed by atoms with Crippen LogP contribution < -0.4 is 19.7 Å². The predicted molar refractivity (Wildman–Crippen MR) is 114 cm³/mol. The summed E-state index contributed by atoms with van der Waals surface area (Å²) in [6, 6.07) is 11.0. The fraction of sp³-hybridized carbons (Fsp3) is 0.273. The fourth-order valence-electron chi connectivity index (χ4n) is 3.74. The molecular weight excluding hydrogens is 407 g/mol. The molecule has 0 unspecified atom stereocenters. The first-order valence-electron chi connectivity index (χ1n) is 9.60. The monoisotopic (exact) mass is 428 g/mol. The summed E-state index contributed by atoms with van der Waals surface area (Å²) in [7, 11) is 1.33. The lowest BCUT2D eigenvalue weighted by Crippen LogP contribution is -2.48. The number of methoxy groups -OCH3 is 1. The van der Waals surface area contributed by atoms with Gasteiger partial charge in [0.15, 0.2) is 16.6 Å². The second-order valence-corrected chi connectivity index (χ2v) is 7.19. The second-order valence-electron chi connectivity index (χ2n) is 6.81. The molecule has 2 heterocycles. The van der Waals surface area contributed by atoms with Crippen LogP contribution in [0.3, 0.4) is 0 Å². The van der Waals surface area contributed by atoms with E-state index < -0.39 is 17.8 Å². The molecule has 2 aliphatic rings. The molecule has 1 atom stereocenters. The lowest BCUT2D eigenvalue weighted by molar-refractivity contribution is -0.136. The van der Waals surface area contributed by atoms with Gasteiger partial charge in [-0.3, -0.25) is 4.90 Å². The number of benzene rings is 2. The van der Waals surface area contributed by atoms with Gasteiger partial charge >= 0.3 is 5.97 Å². The van der Waals surface area contributed by atoms with Crippen LogP contribution in [-0.2, 0) is 9.53 Å². The molecule has 30 heavy (non-hydrogen) atoms. The zero-order chi connectivity index (χ0) is 21.3. The second kappa shape index (κ2) is 8.31. The van der Waals surface area contributed by atoms with Gasteiger partial charge in [0.05, 0.1) is 24.4 Å². The number of ether oxygens (including phenoxy) is 3. The first-order valence-corrected chi connectivity index (χ1v) is 10.0. The van der Waals surface area contributed by atoms with Gasteiger partial charge in [0.1, 0.15) is 19.0 Å². The zero-order valence-corrected chi connectivity index (χ0v) is 17.4. The molecular formula is C22H21FN2O4S. The number of thiocarbonyl (C=S) groups is 1. The number of fused-ring (bicyclic) bond motifs is 1. The van der Waals surface area contributed by atoms with E-state index in [1.165, 1.54) is 19.2 Å². The number of rotatable bonds is 4. The summed E-state index contributed by atoms with van der Waals surface area (Å²) >= 11 is 5.66. The molecule has 2 aromatic carbocycles. The Labute approximate surface area is 179 Å². The van der Waals surface area contributed by atoms with E-state index in [0.29, 0.717) is 53.1 Å². The largest absolute Gasteiger partial charge is 0.486 e. The Hall–Kier alpha value is -3.13. The van der Waals surface area contributed by atoms with Crippen molar-refractivity contribution in [3.63, 3.8) is 0 Å². The Balaban J connectivity index is 1.85. The number of hydrogen-bond donors (Lipinski definition) is 1. The molecule has 6 nitrogen and oxygen atoms in total. The molecule has 2 aliphatic heterocycles.